The van der Waals surface area contributed by atoms with Gasteiger partial charge in [-0.15, -0.1) is 0 Å². The third-order valence-corrected chi connectivity index (χ3v) is 8.17. The second kappa shape index (κ2) is 5.48. The second-order valence-electron chi connectivity index (χ2n) is 6.79. The van der Waals surface area contributed by atoms with Crippen molar-refractivity contribution in [3.63, 3.8) is 0 Å². The summed E-state index contributed by atoms with van der Waals surface area (Å²) in [5, 5.41) is 0.0493. The van der Waals surface area contributed by atoms with Crippen LogP contribution in [0.3, 0.4) is 0 Å². The first-order valence-electron chi connectivity index (χ1n) is 6.76. The smallest absolute Gasteiger partial charge is 0.257 e. The highest BCUT2D eigenvalue weighted by molar-refractivity contribution is 6.74. The van der Waals surface area contributed by atoms with E-state index in [-0.39, 0.29) is 10.9 Å². The highest BCUT2D eigenvalue weighted by Crippen LogP contribution is 2.40. The van der Waals surface area contributed by atoms with Crippen LogP contribution in [0.15, 0.2) is 18.2 Å². The molecule has 0 saturated heterocycles. The van der Waals surface area contributed by atoms with Gasteiger partial charge in [0.2, 0.25) is 0 Å². The van der Waals surface area contributed by atoms with Crippen LogP contribution >= 0.6 is 0 Å². The number of carbonyl (C=O) groups is 1. The third kappa shape index (κ3) is 3.33. The molecule has 112 valence electrons. The molecule has 1 rings (SSSR count). The zero-order chi connectivity index (χ0) is 15.7. The molecule has 0 atom stereocenters. The first-order chi connectivity index (χ1) is 8.97. The Hall–Kier alpha value is -1.49. The molecule has 20 heavy (non-hydrogen) atoms. The molecule has 2 N–H and O–H groups in total. The van der Waals surface area contributed by atoms with Gasteiger partial charge in [-0.25, -0.2) is 0 Å². The quantitative estimate of drug-likeness (QED) is 0.687. The minimum Gasteiger partial charge on any atom is -0.542 e. The van der Waals surface area contributed by atoms with Crippen LogP contribution in [-0.4, -0.2) is 33.2 Å². The maximum atomic E-state index is 12.3. The molecule has 1 aromatic carbocycles. The molecular weight excluding hydrogens is 268 g/mol. The third-order valence-electron chi connectivity index (χ3n) is 3.85. The van der Waals surface area contributed by atoms with E-state index in [0.29, 0.717) is 17.0 Å². The summed E-state index contributed by atoms with van der Waals surface area (Å²) in [6.45, 7) is 10.8. The normalized spacial score (nSPS) is 12.2. The fourth-order valence-electron chi connectivity index (χ4n) is 1.49. The molecule has 5 heteroatoms. The average Bonchev–Trinajstić information content (AvgIpc) is 2.29. The number of nitrogens with zero attached hydrogens (tertiary/aromatic N) is 1. The predicted octanol–water partition coefficient (Wildman–Crippen LogP) is 3.35. The van der Waals surface area contributed by atoms with Crippen molar-refractivity contribution in [1.82, 2.24) is 4.90 Å². The van der Waals surface area contributed by atoms with Crippen LogP contribution in [-0.2, 0) is 0 Å². The number of para-hydroxylation sites is 1. The Morgan fingerprint density at radius 1 is 1.25 bits per heavy atom. The largest absolute Gasteiger partial charge is 0.542 e. The summed E-state index contributed by atoms with van der Waals surface area (Å²) in [7, 11) is 1.41. The molecule has 1 amide bonds. The van der Waals surface area contributed by atoms with E-state index in [1.807, 2.05) is 0 Å². The Kier molecular flexibility index (Phi) is 4.54. The first-order valence-corrected chi connectivity index (χ1v) is 9.67. The van der Waals surface area contributed by atoms with Crippen LogP contribution in [0.2, 0.25) is 18.1 Å². The van der Waals surface area contributed by atoms with Crippen molar-refractivity contribution >= 4 is 19.9 Å². The Morgan fingerprint density at radius 3 is 2.25 bits per heavy atom. The van der Waals surface area contributed by atoms with Crippen LogP contribution in [0.4, 0.5) is 5.69 Å². The minimum absolute atomic E-state index is 0.0493. The van der Waals surface area contributed by atoms with E-state index < -0.39 is 8.32 Å². The molecule has 0 fully saturated rings. The summed E-state index contributed by atoms with van der Waals surface area (Å²) in [6, 6.07) is 5.32. The molecule has 0 aliphatic heterocycles. The Bertz CT molecular complexity index is 505. The lowest BCUT2D eigenvalue weighted by Crippen LogP contribution is -2.44. The van der Waals surface area contributed by atoms with E-state index >= 15 is 0 Å². The molecule has 0 aromatic heterocycles. The lowest BCUT2D eigenvalue weighted by molar-refractivity contribution is 0.0825. The van der Waals surface area contributed by atoms with Gasteiger partial charge in [0, 0.05) is 14.1 Å². The zero-order valence-corrected chi connectivity index (χ0v) is 14.6. The Balaban J connectivity index is 3.28. The number of nitrogen functional groups attached to an aromatic ring is 1. The monoisotopic (exact) mass is 294 g/mol. The van der Waals surface area contributed by atoms with Crippen molar-refractivity contribution in [2.24, 2.45) is 0 Å². The van der Waals surface area contributed by atoms with Crippen LogP contribution in [0.1, 0.15) is 31.1 Å². The number of nitrogens with two attached hydrogens (primary N) is 1. The highest BCUT2D eigenvalue weighted by atomic mass is 28.4. The number of anilines is 1. The van der Waals surface area contributed by atoms with Gasteiger partial charge in [-0.1, -0.05) is 26.8 Å². The van der Waals surface area contributed by atoms with Crippen molar-refractivity contribution in [3.05, 3.63) is 23.8 Å². The van der Waals surface area contributed by atoms with E-state index in [4.69, 9.17) is 10.2 Å². The summed E-state index contributed by atoms with van der Waals surface area (Å²) < 4.78 is 6.27. The van der Waals surface area contributed by atoms with E-state index in [1.165, 1.54) is 4.90 Å². The summed E-state index contributed by atoms with van der Waals surface area (Å²) >= 11 is 0. The molecule has 0 spiro atoms. The number of carbonyl (C=O) groups excluding carboxylic acids is 1. The molecule has 4 nitrogen and oxygen atoms in total. The summed E-state index contributed by atoms with van der Waals surface area (Å²) in [6.07, 6.45) is 0. The van der Waals surface area contributed by atoms with Gasteiger partial charge in [-0.2, -0.15) is 0 Å². The number of benzene rings is 1. The lowest BCUT2D eigenvalue weighted by Gasteiger charge is -2.37. The summed E-state index contributed by atoms with van der Waals surface area (Å²) in [4.78, 5) is 13.8. The summed E-state index contributed by atoms with van der Waals surface area (Å²) in [5.41, 5.74) is 7.08. The topological polar surface area (TPSA) is 55.6 Å². The number of hydrogen-bond donors (Lipinski definition) is 1. The van der Waals surface area contributed by atoms with Crippen molar-refractivity contribution in [3.8, 4) is 5.75 Å². The zero-order valence-electron chi connectivity index (χ0n) is 13.6. The van der Waals surface area contributed by atoms with Crippen molar-refractivity contribution in [2.45, 2.75) is 38.9 Å². The maximum Gasteiger partial charge on any atom is 0.257 e. The average molecular weight is 294 g/mol. The molecular formula is C15H26N2O2Si. The molecule has 0 saturated carbocycles. The van der Waals surface area contributed by atoms with Crippen LogP contribution in [0, 0.1) is 0 Å². The molecule has 0 bridgehead atoms. The SMILES string of the molecule is CN(C)C(=O)c1cccc(N)c1O[Si](C)(C)C(C)(C)C. The van der Waals surface area contributed by atoms with Gasteiger partial charge in [0.05, 0.1) is 11.3 Å². The Morgan fingerprint density at radius 2 is 1.80 bits per heavy atom. The lowest BCUT2D eigenvalue weighted by atomic mass is 10.1. The van der Waals surface area contributed by atoms with Crippen molar-refractivity contribution < 1.29 is 9.22 Å². The first kappa shape index (κ1) is 16.6. The van der Waals surface area contributed by atoms with Gasteiger partial charge in [0.15, 0.2) is 0 Å². The Labute approximate surface area is 123 Å². The van der Waals surface area contributed by atoms with E-state index in [9.17, 15) is 4.79 Å². The number of hydrogen-bond acceptors (Lipinski definition) is 3. The molecule has 0 unspecified atom stereocenters. The standard InChI is InChI=1S/C15H26N2O2Si/c1-15(2,3)20(6,7)19-13-11(14(18)17(4)5)9-8-10-12(13)16/h8-10H,16H2,1-7H3. The second-order valence-corrected chi connectivity index (χ2v) is 11.5. The van der Waals surface area contributed by atoms with Crippen LogP contribution in [0.5, 0.6) is 5.75 Å². The number of amides is 1. The molecule has 1 aromatic rings. The predicted molar refractivity (Wildman–Crippen MR) is 86.7 cm³/mol. The fraction of sp³-hybridized carbons (Fsp3) is 0.533. The van der Waals surface area contributed by atoms with Gasteiger partial charge in [-0.05, 0) is 30.3 Å². The number of rotatable bonds is 3. The van der Waals surface area contributed by atoms with E-state index in [2.05, 4.69) is 33.9 Å². The van der Waals surface area contributed by atoms with Crippen LogP contribution in [0.25, 0.3) is 0 Å². The maximum absolute atomic E-state index is 12.3. The van der Waals surface area contributed by atoms with Crippen molar-refractivity contribution in [1.29, 1.82) is 0 Å². The van der Waals surface area contributed by atoms with Gasteiger partial charge in [-0.3, -0.25) is 4.79 Å². The van der Waals surface area contributed by atoms with Crippen LogP contribution < -0.4 is 10.2 Å². The van der Waals surface area contributed by atoms with Crippen molar-refractivity contribution in [2.75, 3.05) is 19.8 Å². The van der Waals surface area contributed by atoms with Gasteiger partial charge in [0.1, 0.15) is 5.75 Å². The van der Waals surface area contributed by atoms with Gasteiger partial charge in [0.25, 0.3) is 14.2 Å². The minimum atomic E-state index is -2.04. The molecule has 0 aliphatic rings. The fourth-order valence-corrected chi connectivity index (χ4v) is 2.53. The van der Waals surface area contributed by atoms with E-state index in [1.54, 1.807) is 32.3 Å². The molecule has 0 aliphatic carbocycles. The molecule has 0 heterocycles. The van der Waals surface area contributed by atoms with Gasteiger partial charge < -0.3 is 15.1 Å². The van der Waals surface area contributed by atoms with E-state index in [0.717, 1.165) is 0 Å². The summed E-state index contributed by atoms with van der Waals surface area (Å²) in [5.74, 6) is 0.434. The highest BCUT2D eigenvalue weighted by Gasteiger charge is 2.40. The van der Waals surface area contributed by atoms with Gasteiger partial charge >= 0.3 is 0 Å². The molecule has 0 radical (unpaired) electrons.